The van der Waals surface area contributed by atoms with Gasteiger partial charge in [0.25, 0.3) is 0 Å². The number of amides is 2. The van der Waals surface area contributed by atoms with E-state index >= 15 is 0 Å². The van der Waals surface area contributed by atoms with Crippen LogP contribution in [-0.2, 0) is 16.1 Å². The van der Waals surface area contributed by atoms with Gasteiger partial charge in [-0.2, -0.15) is 5.10 Å². The van der Waals surface area contributed by atoms with Gasteiger partial charge >= 0.3 is 0 Å². The molecule has 4 atom stereocenters. The molecule has 3 heterocycles. The van der Waals surface area contributed by atoms with Gasteiger partial charge in [0.2, 0.25) is 11.8 Å². The normalized spacial score (nSPS) is 22.1. The van der Waals surface area contributed by atoms with Crippen LogP contribution in [0.5, 0.6) is 0 Å². The van der Waals surface area contributed by atoms with Gasteiger partial charge in [-0.05, 0) is 81.7 Å². The number of piperidine rings is 1. The first-order chi connectivity index (χ1) is 18.8. The third-order valence-electron chi connectivity index (χ3n) is 8.21. The van der Waals surface area contributed by atoms with Crippen LogP contribution in [0.25, 0.3) is 22.0 Å². The van der Waals surface area contributed by atoms with Crippen molar-refractivity contribution in [1.82, 2.24) is 30.0 Å². The third kappa shape index (κ3) is 4.80. The zero-order chi connectivity index (χ0) is 29.1. The van der Waals surface area contributed by atoms with Crippen molar-refractivity contribution >= 4 is 28.5 Å². The number of Topliss-reactive ketones (excluding diaryl/α,β-unsaturated/α-hetero) is 1. The lowest BCUT2D eigenvalue weighted by Gasteiger charge is -2.28. The number of carbonyl (C=O) groups is 3. The summed E-state index contributed by atoms with van der Waals surface area (Å²) in [4.78, 5) is 49.8. The number of benzene rings is 1. The van der Waals surface area contributed by atoms with Crippen molar-refractivity contribution in [1.29, 1.82) is 0 Å². The van der Waals surface area contributed by atoms with Gasteiger partial charge in [0, 0.05) is 36.3 Å². The van der Waals surface area contributed by atoms with Crippen LogP contribution in [0.4, 0.5) is 4.39 Å². The Morgan fingerprint density at radius 2 is 1.77 bits per heavy atom. The highest BCUT2D eigenvalue weighted by atomic mass is 19.1. The number of ketones is 1. The topological polar surface area (TPSA) is 110 Å². The zero-order valence-corrected chi connectivity index (χ0v) is 24.0. The van der Waals surface area contributed by atoms with Crippen molar-refractivity contribution < 1.29 is 18.8 Å². The number of hydrogen-bond donors (Lipinski definition) is 1. The number of nitrogens with one attached hydrogen (secondary N) is 1. The fourth-order valence-electron chi connectivity index (χ4n) is 5.99. The van der Waals surface area contributed by atoms with E-state index in [4.69, 9.17) is 0 Å². The highest BCUT2D eigenvalue weighted by Crippen LogP contribution is 2.59. The van der Waals surface area contributed by atoms with Gasteiger partial charge in [-0.25, -0.2) is 14.4 Å². The van der Waals surface area contributed by atoms with E-state index < -0.39 is 12.1 Å². The molecule has 210 valence electrons. The number of hydrogen-bond acceptors (Lipinski definition) is 6. The molecular formula is C30H35FN6O3. The minimum atomic E-state index is -0.775. The summed E-state index contributed by atoms with van der Waals surface area (Å²) in [6.07, 6.45) is 4.82. The quantitative estimate of drug-likeness (QED) is 0.438. The van der Waals surface area contributed by atoms with E-state index in [-0.39, 0.29) is 47.1 Å². The largest absolute Gasteiger partial charge is 0.345 e. The van der Waals surface area contributed by atoms with E-state index in [2.05, 4.69) is 27.3 Å². The van der Waals surface area contributed by atoms with Crippen LogP contribution in [-0.4, -0.2) is 60.4 Å². The highest BCUT2D eigenvalue weighted by molar-refractivity contribution is 6.07. The lowest BCUT2D eigenvalue weighted by molar-refractivity contribution is -0.140. The van der Waals surface area contributed by atoms with Crippen molar-refractivity contribution in [3.63, 3.8) is 0 Å². The lowest BCUT2D eigenvalue weighted by atomic mass is 10.0. The SMILES string of the molecule is CC(=O)c1nn(CC(=O)N2[C@H](C(=O)N[C@@H](C)C(F)=C(C)C)C[C@@]3(C)C[C@@H]23)c2c(C)cc(-c3cnc(C)nc3)cc12. The molecule has 1 aliphatic carbocycles. The van der Waals surface area contributed by atoms with Crippen LogP contribution in [0.1, 0.15) is 69.3 Å². The van der Waals surface area contributed by atoms with Gasteiger partial charge in [0.1, 0.15) is 29.9 Å². The Kier molecular flexibility index (Phi) is 6.84. The van der Waals surface area contributed by atoms with E-state index in [0.717, 1.165) is 23.1 Å². The Hall–Kier alpha value is -3.95. The molecule has 0 unspecified atom stereocenters. The first-order valence-corrected chi connectivity index (χ1v) is 13.6. The second-order valence-corrected chi connectivity index (χ2v) is 11.7. The molecule has 5 rings (SSSR count). The van der Waals surface area contributed by atoms with Crippen LogP contribution in [0.15, 0.2) is 35.9 Å². The first-order valence-electron chi connectivity index (χ1n) is 13.6. The minimum Gasteiger partial charge on any atom is -0.345 e. The van der Waals surface area contributed by atoms with Gasteiger partial charge in [-0.1, -0.05) is 6.92 Å². The van der Waals surface area contributed by atoms with E-state index in [1.54, 1.807) is 42.7 Å². The molecule has 0 radical (unpaired) electrons. The van der Waals surface area contributed by atoms with Gasteiger partial charge in [-0.3, -0.25) is 19.1 Å². The summed E-state index contributed by atoms with van der Waals surface area (Å²) in [7, 11) is 0. The molecule has 10 heteroatoms. The molecule has 0 spiro atoms. The fourth-order valence-corrected chi connectivity index (χ4v) is 5.99. The molecule has 1 N–H and O–H groups in total. The number of aromatic nitrogens is 4. The van der Waals surface area contributed by atoms with E-state index in [0.29, 0.717) is 28.7 Å². The molecule has 2 fully saturated rings. The van der Waals surface area contributed by atoms with Crippen LogP contribution in [0.3, 0.4) is 0 Å². The lowest BCUT2D eigenvalue weighted by Crippen LogP contribution is -2.50. The summed E-state index contributed by atoms with van der Waals surface area (Å²) in [6, 6.07) is 2.33. The molecule has 0 bridgehead atoms. The predicted octanol–water partition coefficient (Wildman–Crippen LogP) is 4.46. The van der Waals surface area contributed by atoms with Crippen molar-refractivity contribution in [2.45, 2.75) is 86.0 Å². The molecule has 1 saturated carbocycles. The Balaban J connectivity index is 1.46. The maximum atomic E-state index is 14.4. The van der Waals surface area contributed by atoms with E-state index in [1.165, 1.54) is 6.92 Å². The minimum absolute atomic E-state index is 0.0531. The average molecular weight is 547 g/mol. The van der Waals surface area contributed by atoms with Crippen LogP contribution in [0, 0.1) is 19.3 Å². The van der Waals surface area contributed by atoms with Gasteiger partial charge < -0.3 is 10.2 Å². The summed E-state index contributed by atoms with van der Waals surface area (Å²) < 4.78 is 16.0. The Bertz CT molecular complexity index is 1570. The van der Waals surface area contributed by atoms with E-state index in [1.807, 2.05) is 26.0 Å². The second kappa shape index (κ2) is 9.91. The van der Waals surface area contributed by atoms with Crippen LogP contribution in [0.2, 0.25) is 0 Å². The molecule has 40 heavy (non-hydrogen) atoms. The molecule has 2 aliphatic rings. The molecule has 2 amide bonds. The number of nitrogens with zero attached hydrogens (tertiary/aromatic N) is 5. The summed E-state index contributed by atoms with van der Waals surface area (Å²) in [6.45, 7) is 12.0. The second-order valence-electron chi connectivity index (χ2n) is 11.7. The molecule has 3 aromatic rings. The number of allylic oxidation sites excluding steroid dienone is 1. The maximum Gasteiger partial charge on any atom is 0.245 e. The third-order valence-corrected chi connectivity index (χ3v) is 8.21. The number of halogens is 1. The molecule has 1 aromatic carbocycles. The van der Waals surface area contributed by atoms with Crippen molar-refractivity contribution in [2.75, 3.05) is 0 Å². The number of aryl methyl sites for hydroxylation is 2. The van der Waals surface area contributed by atoms with Crippen LogP contribution < -0.4 is 5.32 Å². The average Bonchev–Trinajstić information content (AvgIpc) is 3.24. The standard InChI is InChI=1S/C30H35FN6O3/c1-15(2)26(31)17(4)34-29(40)23-10-30(7)11-24(30)37(23)25(39)14-36-28-16(3)8-20(21-12-32-19(6)33-13-21)9-22(28)27(35-36)18(5)38/h8-9,12-13,17,23-24H,10-11,14H2,1-7H3,(H,34,40)/t17-,23-,24+,30-/m0/s1. The number of carbonyl (C=O) groups excluding carboxylic acids is 3. The maximum absolute atomic E-state index is 14.4. The van der Waals surface area contributed by atoms with Gasteiger partial charge in [-0.15, -0.1) is 0 Å². The number of fused-ring (bicyclic) bond motifs is 2. The molecule has 1 saturated heterocycles. The summed E-state index contributed by atoms with van der Waals surface area (Å²) in [5.41, 5.74) is 3.84. The zero-order valence-electron chi connectivity index (χ0n) is 24.0. The van der Waals surface area contributed by atoms with Gasteiger partial charge in [0.15, 0.2) is 5.78 Å². The highest BCUT2D eigenvalue weighted by Gasteiger charge is 2.64. The number of rotatable bonds is 7. The summed E-state index contributed by atoms with van der Waals surface area (Å²) in [5.74, 6) is -0.545. The Morgan fingerprint density at radius 3 is 2.40 bits per heavy atom. The fraction of sp³-hybridized carbons (Fsp3) is 0.467. The Labute approximate surface area is 232 Å². The van der Waals surface area contributed by atoms with Crippen molar-refractivity contribution in [3.8, 4) is 11.1 Å². The monoisotopic (exact) mass is 546 g/mol. The Morgan fingerprint density at radius 1 is 1.10 bits per heavy atom. The van der Waals surface area contributed by atoms with Crippen molar-refractivity contribution in [2.24, 2.45) is 5.41 Å². The summed E-state index contributed by atoms with van der Waals surface area (Å²) >= 11 is 0. The smallest absolute Gasteiger partial charge is 0.245 e. The molecule has 1 aliphatic heterocycles. The molecule has 2 aromatic heterocycles. The number of likely N-dealkylation sites (tertiary alicyclic amines) is 1. The van der Waals surface area contributed by atoms with Gasteiger partial charge in [0.05, 0.1) is 11.6 Å². The van der Waals surface area contributed by atoms with Crippen LogP contribution >= 0.6 is 0 Å². The van der Waals surface area contributed by atoms with Crippen molar-refractivity contribution in [3.05, 3.63) is 53.0 Å². The first kappa shape index (κ1) is 27.6. The molecule has 9 nitrogen and oxygen atoms in total. The molecular weight excluding hydrogens is 511 g/mol. The predicted molar refractivity (Wildman–Crippen MR) is 149 cm³/mol. The van der Waals surface area contributed by atoms with E-state index in [9.17, 15) is 18.8 Å². The summed E-state index contributed by atoms with van der Waals surface area (Å²) in [5, 5.41) is 7.96.